The summed E-state index contributed by atoms with van der Waals surface area (Å²) in [6.45, 7) is 5.19. The first-order valence-electron chi connectivity index (χ1n) is 5.57. The molecule has 0 saturated carbocycles. The lowest BCUT2D eigenvalue weighted by molar-refractivity contribution is 0.507. The average Bonchev–Trinajstić information content (AvgIpc) is 2.75. The maximum atomic E-state index is 5.73. The summed E-state index contributed by atoms with van der Waals surface area (Å²) in [4.78, 5) is 0. The first kappa shape index (κ1) is 12.5. The van der Waals surface area contributed by atoms with Gasteiger partial charge in [-0.2, -0.15) is 5.10 Å². The van der Waals surface area contributed by atoms with Crippen molar-refractivity contribution in [2.24, 2.45) is 5.92 Å². The Bertz CT molecular complexity index is 236. The lowest BCUT2D eigenvalue weighted by atomic mass is 10.1. The molecule has 0 spiro atoms. The minimum absolute atomic E-state index is 0.639. The third-order valence-corrected chi connectivity index (χ3v) is 2.92. The van der Waals surface area contributed by atoms with Crippen LogP contribution in [0.3, 0.4) is 0 Å². The summed E-state index contributed by atoms with van der Waals surface area (Å²) < 4.78 is 1.94. The number of rotatable bonds is 8. The Morgan fingerprint density at radius 3 is 3.00 bits per heavy atom. The highest BCUT2D eigenvalue weighted by Gasteiger charge is 1.98. The van der Waals surface area contributed by atoms with Gasteiger partial charge in [-0.1, -0.05) is 6.92 Å². The molecule has 4 heteroatoms. The van der Waals surface area contributed by atoms with Gasteiger partial charge in [0.15, 0.2) is 0 Å². The highest BCUT2D eigenvalue weighted by Crippen LogP contribution is 2.05. The normalized spacial score (nSPS) is 12.9. The SMILES string of the molecule is CC(CCl)CCCNCCn1cccn1. The van der Waals surface area contributed by atoms with E-state index in [0.717, 1.165) is 25.5 Å². The molecule has 1 unspecified atom stereocenters. The molecule has 0 aromatic carbocycles. The van der Waals surface area contributed by atoms with Gasteiger partial charge in [0.25, 0.3) is 0 Å². The minimum Gasteiger partial charge on any atom is -0.315 e. The van der Waals surface area contributed by atoms with Crippen LogP contribution in [0.25, 0.3) is 0 Å². The number of hydrogen-bond donors (Lipinski definition) is 1. The van der Waals surface area contributed by atoms with Gasteiger partial charge >= 0.3 is 0 Å². The van der Waals surface area contributed by atoms with E-state index >= 15 is 0 Å². The van der Waals surface area contributed by atoms with Crippen LogP contribution in [0.5, 0.6) is 0 Å². The molecule has 0 aliphatic rings. The molecule has 0 fully saturated rings. The highest BCUT2D eigenvalue weighted by atomic mass is 35.5. The summed E-state index contributed by atoms with van der Waals surface area (Å²) in [6, 6.07) is 1.95. The molecule has 3 nitrogen and oxygen atoms in total. The topological polar surface area (TPSA) is 29.9 Å². The van der Waals surface area contributed by atoms with E-state index in [1.807, 2.05) is 23.1 Å². The van der Waals surface area contributed by atoms with Gasteiger partial charge in [0.2, 0.25) is 0 Å². The van der Waals surface area contributed by atoms with Crippen LogP contribution in [-0.4, -0.2) is 28.8 Å². The molecule has 0 saturated heterocycles. The zero-order valence-electron chi connectivity index (χ0n) is 9.32. The fourth-order valence-electron chi connectivity index (χ4n) is 1.40. The van der Waals surface area contributed by atoms with Gasteiger partial charge in [0, 0.05) is 24.8 Å². The van der Waals surface area contributed by atoms with E-state index in [9.17, 15) is 0 Å². The zero-order valence-corrected chi connectivity index (χ0v) is 10.1. The lowest BCUT2D eigenvalue weighted by Gasteiger charge is -2.08. The van der Waals surface area contributed by atoms with E-state index < -0.39 is 0 Å². The molecule has 0 amide bonds. The molecule has 0 aliphatic carbocycles. The average molecular weight is 230 g/mol. The van der Waals surface area contributed by atoms with Gasteiger partial charge in [0.05, 0.1) is 6.54 Å². The van der Waals surface area contributed by atoms with Crippen LogP contribution < -0.4 is 5.32 Å². The number of halogens is 1. The van der Waals surface area contributed by atoms with Gasteiger partial charge in [-0.25, -0.2) is 0 Å². The Labute approximate surface area is 96.8 Å². The van der Waals surface area contributed by atoms with Gasteiger partial charge in [0.1, 0.15) is 0 Å². The standard InChI is InChI=1S/C11H20ClN3/c1-11(10-12)4-2-5-13-7-9-15-8-3-6-14-15/h3,6,8,11,13H,2,4-5,7,9-10H2,1H3. The summed E-state index contributed by atoms with van der Waals surface area (Å²) in [6.07, 6.45) is 6.20. The molecule has 0 bridgehead atoms. The largest absolute Gasteiger partial charge is 0.315 e. The van der Waals surface area contributed by atoms with E-state index in [2.05, 4.69) is 17.3 Å². The minimum atomic E-state index is 0.639. The summed E-state index contributed by atoms with van der Waals surface area (Å²) in [5.74, 6) is 1.41. The molecule has 0 radical (unpaired) electrons. The van der Waals surface area contributed by atoms with Crippen LogP contribution >= 0.6 is 11.6 Å². The smallest absolute Gasteiger partial charge is 0.0533 e. The summed E-state index contributed by atoms with van der Waals surface area (Å²) >= 11 is 5.73. The fourth-order valence-corrected chi connectivity index (χ4v) is 1.56. The molecule has 1 N–H and O–H groups in total. The third kappa shape index (κ3) is 5.80. The quantitative estimate of drug-likeness (QED) is 0.547. The van der Waals surface area contributed by atoms with Crippen molar-refractivity contribution in [1.82, 2.24) is 15.1 Å². The molecule has 1 aromatic heterocycles. The second kappa shape index (κ2) is 7.71. The second-order valence-corrected chi connectivity index (χ2v) is 4.23. The summed E-state index contributed by atoms with van der Waals surface area (Å²) in [7, 11) is 0. The van der Waals surface area contributed by atoms with E-state index in [1.165, 1.54) is 12.8 Å². The molecule has 1 rings (SSSR count). The zero-order chi connectivity index (χ0) is 10.9. The van der Waals surface area contributed by atoms with Crippen molar-refractivity contribution in [1.29, 1.82) is 0 Å². The van der Waals surface area contributed by atoms with Crippen LogP contribution in [0.1, 0.15) is 19.8 Å². The van der Waals surface area contributed by atoms with Gasteiger partial charge in [-0.15, -0.1) is 11.6 Å². The summed E-state index contributed by atoms with van der Waals surface area (Å²) in [5.41, 5.74) is 0. The predicted molar refractivity (Wildman–Crippen MR) is 64.2 cm³/mol. The maximum Gasteiger partial charge on any atom is 0.0533 e. The first-order valence-corrected chi connectivity index (χ1v) is 6.10. The van der Waals surface area contributed by atoms with E-state index in [-0.39, 0.29) is 0 Å². The van der Waals surface area contributed by atoms with Crippen LogP contribution in [-0.2, 0) is 6.54 Å². The Kier molecular flexibility index (Phi) is 6.44. The predicted octanol–water partition coefficient (Wildman–Crippen LogP) is 2.13. The van der Waals surface area contributed by atoms with Crippen molar-refractivity contribution in [2.75, 3.05) is 19.0 Å². The van der Waals surface area contributed by atoms with Gasteiger partial charge in [-0.05, 0) is 31.4 Å². The number of hydrogen-bond acceptors (Lipinski definition) is 2. The molecular formula is C11H20ClN3. The Hall–Kier alpha value is -0.540. The maximum absolute atomic E-state index is 5.73. The summed E-state index contributed by atoms with van der Waals surface area (Å²) in [5, 5.41) is 7.53. The molecular weight excluding hydrogens is 210 g/mol. The van der Waals surface area contributed by atoms with Crippen molar-refractivity contribution in [3.8, 4) is 0 Å². The molecule has 1 heterocycles. The van der Waals surface area contributed by atoms with Crippen molar-refractivity contribution in [2.45, 2.75) is 26.3 Å². The Balaban J connectivity index is 1.89. The van der Waals surface area contributed by atoms with Crippen LogP contribution in [0.2, 0.25) is 0 Å². The van der Waals surface area contributed by atoms with Crippen molar-refractivity contribution >= 4 is 11.6 Å². The fraction of sp³-hybridized carbons (Fsp3) is 0.727. The van der Waals surface area contributed by atoms with Crippen molar-refractivity contribution in [3.63, 3.8) is 0 Å². The first-order chi connectivity index (χ1) is 7.33. The second-order valence-electron chi connectivity index (χ2n) is 3.92. The highest BCUT2D eigenvalue weighted by molar-refractivity contribution is 6.18. The molecule has 86 valence electrons. The Morgan fingerprint density at radius 2 is 2.33 bits per heavy atom. The van der Waals surface area contributed by atoms with Crippen LogP contribution in [0, 0.1) is 5.92 Å². The van der Waals surface area contributed by atoms with E-state index in [4.69, 9.17) is 11.6 Å². The number of aromatic nitrogens is 2. The van der Waals surface area contributed by atoms with Gasteiger partial charge in [-0.3, -0.25) is 4.68 Å². The van der Waals surface area contributed by atoms with Gasteiger partial charge < -0.3 is 5.32 Å². The van der Waals surface area contributed by atoms with Crippen molar-refractivity contribution < 1.29 is 0 Å². The molecule has 0 aliphatic heterocycles. The van der Waals surface area contributed by atoms with E-state index in [1.54, 1.807) is 0 Å². The molecule has 15 heavy (non-hydrogen) atoms. The molecule has 1 aromatic rings. The lowest BCUT2D eigenvalue weighted by Crippen LogP contribution is -2.21. The number of nitrogens with zero attached hydrogens (tertiary/aromatic N) is 2. The van der Waals surface area contributed by atoms with Crippen molar-refractivity contribution in [3.05, 3.63) is 18.5 Å². The monoisotopic (exact) mass is 229 g/mol. The number of alkyl halides is 1. The van der Waals surface area contributed by atoms with Crippen LogP contribution in [0.15, 0.2) is 18.5 Å². The van der Waals surface area contributed by atoms with Crippen LogP contribution in [0.4, 0.5) is 0 Å². The third-order valence-electron chi connectivity index (χ3n) is 2.39. The Morgan fingerprint density at radius 1 is 1.47 bits per heavy atom. The molecule has 1 atom stereocenters. The van der Waals surface area contributed by atoms with E-state index in [0.29, 0.717) is 5.92 Å². The number of nitrogens with one attached hydrogen (secondary N) is 1.